The molecule has 0 radical (unpaired) electrons. The summed E-state index contributed by atoms with van der Waals surface area (Å²) in [5.74, 6) is 0.835. The number of carbonyl (C=O) groups is 2. The first-order chi connectivity index (χ1) is 13.1. The van der Waals surface area contributed by atoms with E-state index in [0.29, 0.717) is 36.8 Å². The number of hydrogen-bond donors (Lipinski definition) is 0. The maximum atomic E-state index is 13.0. The topological polar surface area (TPSA) is 75.5 Å². The van der Waals surface area contributed by atoms with Crippen molar-refractivity contribution >= 4 is 22.7 Å². The summed E-state index contributed by atoms with van der Waals surface area (Å²) in [6.45, 7) is 1.31. The van der Waals surface area contributed by atoms with Crippen molar-refractivity contribution in [2.45, 2.75) is 50.7 Å². The van der Waals surface area contributed by atoms with Crippen LogP contribution in [0.2, 0.25) is 0 Å². The third-order valence-corrected chi connectivity index (χ3v) is 6.16. The summed E-state index contributed by atoms with van der Waals surface area (Å²) >= 11 is 0. The molecule has 2 atom stereocenters. The molecular formula is C20H22N4O3. The molecule has 7 heteroatoms. The lowest BCUT2D eigenvalue weighted by molar-refractivity contribution is -0.140. The van der Waals surface area contributed by atoms with Gasteiger partial charge in [-0.3, -0.25) is 19.0 Å². The van der Waals surface area contributed by atoms with Crippen LogP contribution in [0.15, 0.2) is 29.1 Å². The molecule has 0 spiro atoms. The number of carbonyl (C=O) groups excluding carboxylic acids is 2. The van der Waals surface area contributed by atoms with Gasteiger partial charge in [0.1, 0.15) is 5.82 Å². The zero-order valence-corrected chi connectivity index (χ0v) is 15.1. The fraction of sp³-hybridized carbons (Fsp3) is 0.500. The molecule has 2 aromatic rings. The van der Waals surface area contributed by atoms with E-state index in [9.17, 15) is 14.4 Å². The molecule has 2 fully saturated rings. The Labute approximate surface area is 156 Å². The van der Waals surface area contributed by atoms with Crippen molar-refractivity contribution in [2.75, 3.05) is 13.1 Å². The predicted octanol–water partition coefficient (Wildman–Crippen LogP) is 0.935. The molecule has 1 aromatic heterocycles. The molecule has 1 aromatic carbocycles. The zero-order chi connectivity index (χ0) is 18.5. The molecule has 0 unspecified atom stereocenters. The summed E-state index contributed by atoms with van der Waals surface area (Å²) in [4.78, 5) is 46.2. The molecule has 0 aliphatic carbocycles. The van der Waals surface area contributed by atoms with E-state index >= 15 is 0 Å². The van der Waals surface area contributed by atoms with Gasteiger partial charge in [0.2, 0.25) is 11.8 Å². The minimum Gasteiger partial charge on any atom is -0.333 e. The van der Waals surface area contributed by atoms with E-state index in [0.717, 1.165) is 25.1 Å². The second-order valence-corrected chi connectivity index (χ2v) is 7.77. The minimum absolute atomic E-state index is 0.00196. The molecule has 0 saturated carbocycles. The van der Waals surface area contributed by atoms with Crippen molar-refractivity contribution < 1.29 is 9.59 Å². The molecule has 2 saturated heterocycles. The summed E-state index contributed by atoms with van der Waals surface area (Å²) in [5.41, 5.74) is 0.692. The monoisotopic (exact) mass is 366 g/mol. The second-order valence-electron chi connectivity index (χ2n) is 7.77. The molecule has 5 rings (SSSR count). The van der Waals surface area contributed by atoms with Gasteiger partial charge in [-0.15, -0.1) is 0 Å². The van der Waals surface area contributed by atoms with E-state index in [1.54, 1.807) is 9.47 Å². The molecule has 2 bridgehead atoms. The number of benzene rings is 1. The molecular weight excluding hydrogens is 344 g/mol. The molecule has 4 heterocycles. The smallest absolute Gasteiger partial charge is 0.261 e. The van der Waals surface area contributed by atoms with Crippen LogP contribution in [0.3, 0.4) is 0 Å². The summed E-state index contributed by atoms with van der Waals surface area (Å²) in [5, 5.41) is 0.625. The Bertz CT molecular complexity index is 998. The number of hydrogen-bond acceptors (Lipinski definition) is 4. The average Bonchev–Trinajstić information content (AvgIpc) is 3.18. The Morgan fingerprint density at radius 3 is 2.78 bits per heavy atom. The van der Waals surface area contributed by atoms with Gasteiger partial charge < -0.3 is 9.80 Å². The Hall–Kier alpha value is -2.70. The summed E-state index contributed by atoms with van der Waals surface area (Å²) in [6.07, 6.45) is 3.78. The number of rotatable bonds is 2. The van der Waals surface area contributed by atoms with Gasteiger partial charge in [-0.2, -0.15) is 0 Å². The summed E-state index contributed by atoms with van der Waals surface area (Å²) in [6, 6.07) is 7.47. The fourth-order valence-corrected chi connectivity index (χ4v) is 4.84. The van der Waals surface area contributed by atoms with Gasteiger partial charge in [-0.25, -0.2) is 4.98 Å². The highest BCUT2D eigenvalue weighted by atomic mass is 16.2. The van der Waals surface area contributed by atoms with E-state index in [4.69, 9.17) is 4.98 Å². The van der Waals surface area contributed by atoms with Crippen molar-refractivity contribution in [1.29, 1.82) is 0 Å². The van der Waals surface area contributed by atoms with Crippen molar-refractivity contribution in [3.05, 3.63) is 40.4 Å². The number of aromatic nitrogens is 2. The van der Waals surface area contributed by atoms with Crippen LogP contribution in [0.25, 0.3) is 10.9 Å². The van der Waals surface area contributed by atoms with Crippen LogP contribution in [-0.4, -0.2) is 56.3 Å². The zero-order valence-electron chi connectivity index (χ0n) is 15.1. The lowest BCUT2D eigenvalue weighted by atomic mass is 10.1. The Morgan fingerprint density at radius 1 is 1.15 bits per heavy atom. The van der Waals surface area contributed by atoms with Crippen molar-refractivity contribution in [3.63, 3.8) is 0 Å². The quantitative estimate of drug-likeness (QED) is 0.793. The van der Waals surface area contributed by atoms with Gasteiger partial charge in [-0.05, 0) is 31.4 Å². The van der Waals surface area contributed by atoms with E-state index in [1.807, 2.05) is 29.2 Å². The van der Waals surface area contributed by atoms with Crippen LogP contribution in [0, 0.1) is 0 Å². The predicted molar refractivity (Wildman–Crippen MR) is 99.2 cm³/mol. The van der Waals surface area contributed by atoms with Crippen LogP contribution < -0.4 is 5.56 Å². The van der Waals surface area contributed by atoms with E-state index in [-0.39, 0.29) is 36.0 Å². The fourth-order valence-electron chi connectivity index (χ4n) is 4.84. The third-order valence-electron chi connectivity index (χ3n) is 6.16. The molecule has 0 N–H and O–H groups in total. The number of amides is 2. The normalized spacial score (nSPS) is 24.4. The molecule has 2 amide bonds. The van der Waals surface area contributed by atoms with Crippen LogP contribution in [0.5, 0.6) is 0 Å². The molecule has 7 nitrogen and oxygen atoms in total. The van der Waals surface area contributed by atoms with Gasteiger partial charge in [0.05, 0.1) is 23.5 Å². The number of para-hydroxylation sites is 1. The van der Waals surface area contributed by atoms with Crippen LogP contribution >= 0.6 is 0 Å². The molecule has 3 aliphatic heterocycles. The Balaban J connectivity index is 1.47. The second kappa shape index (κ2) is 6.18. The number of likely N-dealkylation sites (tertiary alicyclic amines) is 1. The van der Waals surface area contributed by atoms with Crippen LogP contribution in [0.4, 0.5) is 0 Å². The molecule has 140 valence electrons. The van der Waals surface area contributed by atoms with Gasteiger partial charge in [0, 0.05) is 32.0 Å². The number of nitrogens with zero attached hydrogens (tertiary/aromatic N) is 4. The number of fused-ring (bicyclic) bond motifs is 4. The highest BCUT2D eigenvalue weighted by Gasteiger charge is 2.41. The maximum absolute atomic E-state index is 13.0. The first-order valence-electron chi connectivity index (χ1n) is 9.69. The van der Waals surface area contributed by atoms with Crippen molar-refractivity contribution in [1.82, 2.24) is 19.4 Å². The van der Waals surface area contributed by atoms with Crippen molar-refractivity contribution in [3.8, 4) is 0 Å². The third kappa shape index (κ3) is 2.64. The lowest BCUT2D eigenvalue weighted by Crippen LogP contribution is -2.47. The average molecular weight is 366 g/mol. The van der Waals surface area contributed by atoms with Crippen molar-refractivity contribution in [2.24, 2.45) is 0 Å². The van der Waals surface area contributed by atoms with E-state index in [1.165, 1.54) is 0 Å². The van der Waals surface area contributed by atoms with Gasteiger partial charge in [0.25, 0.3) is 5.56 Å². The summed E-state index contributed by atoms with van der Waals surface area (Å²) < 4.78 is 1.76. The lowest BCUT2D eigenvalue weighted by Gasteiger charge is -2.29. The first-order valence-corrected chi connectivity index (χ1v) is 9.69. The summed E-state index contributed by atoms with van der Waals surface area (Å²) in [7, 11) is 0. The minimum atomic E-state index is -0.0229. The van der Waals surface area contributed by atoms with E-state index < -0.39 is 0 Å². The SMILES string of the molecule is O=C1CCCN1CC(=O)N1[C@H]2CC[C@H]1Cn1c(nc3ccccc3c1=O)C2. The molecule has 3 aliphatic rings. The Kier molecular flexibility index (Phi) is 3.77. The maximum Gasteiger partial charge on any atom is 0.261 e. The van der Waals surface area contributed by atoms with E-state index in [2.05, 4.69) is 0 Å². The van der Waals surface area contributed by atoms with Crippen LogP contribution in [0.1, 0.15) is 31.5 Å². The first kappa shape index (κ1) is 16.5. The van der Waals surface area contributed by atoms with Gasteiger partial charge in [0.15, 0.2) is 0 Å². The largest absolute Gasteiger partial charge is 0.333 e. The van der Waals surface area contributed by atoms with Crippen LogP contribution in [-0.2, 0) is 22.6 Å². The highest BCUT2D eigenvalue weighted by molar-refractivity contribution is 5.86. The standard InChI is InChI=1S/C20H22N4O3/c25-18-6-3-9-22(18)12-19(26)24-13-7-8-14(24)11-23-17(10-13)21-16-5-2-1-4-15(16)20(23)27/h1-2,4-5,13-14H,3,6-12H2/t13-,14-/m0/s1. The highest BCUT2D eigenvalue weighted by Crippen LogP contribution is 2.31. The Morgan fingerprint density at radius 2 is 1.96 bits per heavy atom. The van der Waals surface area contributed by atoms with Gasteiger partial charge >= 0.3 is 0 Å². The molecule has 27 heavy (non-hydrogen) atoms. The van der Waals surface area contributed by atoms with Gasteiger partial charge in [-0.1, -0.05) is 12.1 Å².